The Morgan fingerprint density at radius 3 is 2.11 bits per heavy atom. The molecule has 1 heterocycles. The van der Waals surface area contributed by atoms with Crippen LogP contribution in [0.4, 0.5) is 11.4 Å². The summed E-state index contributed by atoms with van der Waals surface area (Å²) in [7, 11) is -3.45. The Bertz CT molecular complexity index is 894. The van der Waals surface area contributed by atoms with E-state index in [4.69, 9.17) is 12.2 Å². The summed E-state index contributed by atoms with van der Waals surface area (Å²) in [6.07, 6.45) is 2.92. The van der Waals surface area contributed by atoms with Crippen LogP contribution in [0.3, 0.4) is 0 Å². The van der Waals surface area contributed by atoms with Crippen molar-refractivity contribution >= 4 is 38.7 Å². The van der Waals surface area contributed by atoms with Gasteiger partial charge in [0.25, 0.3) is 0 Å². The van der Waals surface area contributed by atoms with Gasteiger partial charge in [-0.1, -0.05) is 24.1 Å². The highest BCUT2D eigenvalue weighted by Crippen LogP contribution is 2.26. The molecule has 1 atom stereocenters. The largest absolute Gasteiger partial charge is 0.332 e. The number of benzene rings is 2. The summed E-state index contributed by atoms with van der Waals surface area (Å²) >= 11 is 5.33. The number of thiocarbonyl (C=S) groups is 1. The first-order valence-electron chi connectivity index (χ1n) is 9.13. The van der Waals surface area contributed by atoms with Crippen LogP contribution in [0.1, 0.15) is 31.7 Å². The number of sulfonamides is 1. The lowest BCUT2D eigenvalue weighted by molar-refractivity contribution is 0.268. The zero-order chi connectivity index (χ0) is 19.4. The normalized spacial score (nSPS) is 18.1. The molecule has 0 radical (unpaired) electrons. The number of aryl methyl sites for hydroxylation is 1. The van der Waals surface area contributed by atoms with Crippen LogP contribution in [0.2, 0.25) is 0 Å². The predicted molar refractivity (Wildman–Crippen MR) is 115 cm³/mol. The number of nitrogens with one attached hydrogen (secondary N) is 2. The second kappa shape index (κ2) is 8.37. The third-order valence-corrected chi connectivity index (χ3v) is 7.00. The van der Waals surface area contributed by atoms with Gasteiger partial charge in [0.1, 0.15) is 0 Å². The van der Waals surface area contributed by atoms with Gasteiger partial charge in [-0.05, 0) is 75.3 Å². The Labute approximate surface area is 166 Å². The number of piperidine rings is 1. The molecule has 144 valence electrons. The first-order chi connectivity index (χ1) is 12.9. The van der Waals surface area contributed by atoms with Crippen LogP contribution in [0.15, 0.2) is 53.4 Å². The molecular weight excluding hydrogens is 378 g/mol. The first-order valence-corrected chi connectivity index (χ1v) is 11.0. The van der Waals surface area contributed by atoms with Crippen molar-refractivity contribution in [2.75, 3.05) is 17.2 Å². The van der Waals surface area contributed by atoms with Gasteiger partial charge in [0.05, 0.1) is 4.90 Å². The zero-order valence-corrected chi connectivity index (χ0v) is 17.2. The second-order valence-electron chi connectivity index (χ2n) is 6.93. The average molecular weight is 404 g/mol. The summed E-state index contributed by atoms with van der Waals surface area (Å²) in [6, 6.07) is 14.7. The van der Waals surface area contributed by atoms with Crippen LogP contribution in [0, 0.1) is 6.92 Å². The van der Waals surface area contributed by atoms with E-state index in [1.54, 1.807) is 28.6 Å². The van der Waals surface area contributed by atoms with E-state index in [0.717, 1.165) is 30.6 Å². The molecule has 0 aliphatic carbocycles. The molecule has 1 aliphatic heterocycles. The molecule has 1 aliphatic rings. The van der Waals surface area contributed by atoms with Gasteiger partial charge in [0, 0.05) is 24.0 Å². The Hall–Kier alpha value is -1.96. The van der Waals surface area contributed by atoms with Crippen molar-refractivity contribution < 1.29 is 8.42 Å². The van der Waals surface area contributed by atoms with E-state index in [2.05, 4.69) is 10.6 Å². The fourth-order valence-corrected chi connectivity index (χ4v) is 5.14. The lowest BCUT2D eigenvalue weighted by Crippen LogP contribution is -2.41. The predicted octanol–water partition coefficient (Wildman–Crippen LogP) is 4.37. The van der Waals surface area contributed by atoms with Crippen molar-refractivity contribution in [2.45, 2.75) is 44.0 Å². The van der Waals surface area contributed by atoms with Crippen LogP contribution in [0.25, 0.3) is 0 Å². The number of hydrogen-bond donors (Lipinski definition) is 2. The molecule has 0 aromatic heterocycles. The standard InChI is InChI=1S/C20H25N3O2S2/c1-15-6-8-17(9-7-15)21-20(26)22-18-10-12-19(13-11-18)27(24,25)23-14-4-3-5-16(23)2/h6-13,16H,3-5,14H2,1-2H3,(H2,21,22,26)/t16-/m1/s1. The van der Waals surface area contributed by atoms with Crippen LogP contribution in [0.5, 0.6) is 0 Å². The number of hydrogen-bond acceptors (Lipinski definition) is 3. The summed E-state index contributed by atoms with van der Waals surface area (Å²) in [5, 5.41) is 6.66. The van der Waals surface area contributed by atoms with Gasteiger partial charge in [-0.25, -0.2) is 8.42 Å². The third kappa shape index (κ3) is 4.86. The molecule has 1 fully saturated rings. The van der Waals surface area contributed by atoms with Crippen molar-refractivity contribution in [2.24, 2.45) is 0 Å². The minimum atomic E-state index is -3.45. The first kappa shape index (κ1) is 19.8. The van der Waals surface area contributed by atoms with Gasteiger partial charge in [-0.15, -0.1) is 0 Å². The van der Waals surface area contributed by atoms with Crippen molar-refractivity contribution in [1.29, 1.82) is 0 Å². The lowest BCUT2D eigenvalue weighted by atomic mass is 10.1. The van der Waals surface area contributed by atoms with Gasteiger partial charge in [0.2, 0.25) is 10.0 Å². The summed E-state index contributed by atoms with van der Waals surface area (Å²) in [4.78, 5) is 0.319. The fourth-order valence-electron chi connectivity index (χ4n) is 3.20. The van der Waals surface area contributed by atoms with Crippen LogP contribution in [-0.4, -0.2) is 30.4 Å². The molecule has 0 spiro atoms. The van der Waals surface area contributed by atoms with Crippen LogP contribution in [-0.2, 0) is 10.0 Å². The molecule has 5 nitrogen and oxygen atoms in total. The average Bonchev–Trinajstić information content (AvgIpc) is 2.64. The van der Waals surface area contributed by atoms with E-state index in [1.165, 1.54) is 5.56 Å². The van der Waals surface area contributed by atoms with Crippen LogP contribution >= 0.6 is 12.2 Å². The summed E-state index contributed by atoms with van der Waals surface area (Å²) in [5.74, 6) is 0. The maximum absolute atomic E-state index is 12.9. The van der Waals surface area contributed by atoms with Gasteiger partial charge in [-0.2, -0.15) is 4.31 Å². The topological polar surface area (TPSA) is 61.4 Å². The lowest BCUT2D eigenvalue weighted by Gasteiger charge is -2.32. The van der Waals surface area contributed by atoms with E-state index in [-0.39, 0.29) is 6.04 Å². The highest BCUT2D eigenvalue weighted by Gasteiger charge is 2.30. The monoisotopic (exact) mass is 403 g/mol. The Morgan fingerprint density at radius 2 is 1.56 bits per heavy atom. The molecule has 27 heavy (non-hydrogen) atoms. The SMILES string of the molecule is Cc1ccc(NC(=S)Nc2ccc(S(=O)(=O)N3CCCC[C@H]3C)cc2)cc1. The number of nitrogens with zero attached hydrogens (tertiary/aromatic N) is 1. The molecule has 2 N–H and O–H groups in total. The van der Waals surface area contributed by atoms with Crippen molar-refractivity contribution in [1.82, 2.24) is 4.31 Å². The minimum absolute atomic E-state index is 0.0489. The van der Waals surface area contributed by atoms with E-state index >= 15 is 0 Å². The molecule has 0 amide bonds. The van der Waals surface area contributed by atoms with Gasteiger partial charge >= 0.3 is 0 Å². The van der Waals surface area contributed by atoms with Gasteiger partial charge < -0.3 is 10.6 Å². The van der Waals surface area contributed by atoms with Crippen LogP contribution < -0.4 is 10.6 Å². The minimum Gasteiger partial charge on any atom is -0.332 e. The van der Waals surface area contributed by atoms with Gasteiger partial charge in [-0.3, -0.25) is 0 Å². The van der Waals surface area contributed by atoms with Gasteiger partial charge in [0.15, 0.2) is 5.11 Å². The Balaban J connectivity index is 1.66. The Kier molecular flexibility index (Phi) is 6.14. The molecule has 2 aromatic carbocycles. The molecule has 0 saturated carbocycles. The maximum atomic E-state index is 12.9. The smallest absolute Gasteiger partial charge is 0.243 e. The van der Waals surface area contributed by atoms with E-state index in [0.29, 0.717) is 16.6 Å². The molecule has 0 bridgehead atoms. The second-order valence-corrected chi connectivity index (χ2v) is 9.23. The van der Waals surface area contributed by atoms with Crippen molar-refractivity contribution in [3.05, 3.63) is 54.1 Å². The number of anilines is 2. The maximum Gasteiger partial charge on any atom is 0.243 e. The summed E-state index contributed by atoms with van der Waals surface area (Å²) in [6.45, 7) is 4.59. The van der Waals surface area contributed by atoms with Crippen molar-refractivity contribution in [3.63, 3.8) is 0 Å². The van der Waals surface area contributed by atoms with E-state index in [9.17, 15) is 8.42 Å². The van der Waals surface area contributed by atoms with E-state index < -0.39 is 10.0 Å². The molecule has 1 saturated heterocycles. The quantitative estimate of drug-likeness (QED) is 0.743. The highest BCUT2D eigenvalue weighted by atomic mass is 32.2. The summed E-state index contributed by atoms with van der Waals surface area (Å²) < 4.78 is 27.3. The Morgan fingerprint density at radius 1 is 1.00 bits per heavy atom. The zero-order valence-electron chi connectivity index (χ0n) is 15.6. The highest BCUT2D eigenvalue weighted by molar-refractivity contribution is 7.89. The number of rotatable bonds is 4. The third-order valence-electron chi connectivity index (χ3n) is 4.77. The molecule has 0 unspecified atom stereocenters. The fraction of sp³-hybridized carbons (Fsp3) is 0.350. The molecule has 7 heteroatoms. The molecule has 3 rings (SSSR count). The molecule has 2 aromatic rings. The van der Waals surface area contributed by atoms with Crippen molar-refractivity contribution in [3.8, 4) is 0 Å². The van der Waals surface area contributed by atoms with E-state index in [1.807, 2.05) is 38.1 Å². The summed E-state index contributed by atoms with van der Waals surface area (Å²) in [5.41, 5.74) is 2.82. The molecular formula is C20H25N3O2S2.